The third-order valence-corrected chi connectivity index (χ3v) is 3.14. The molecule has 0 atom stereocenters. The number of nitrogens with zero attached hydrogens (tertiary/aromatic N) is 1. The summed E-state index contributed by atoms with van der Waals surface area (Å²) in [5.74, 6) is 1.63. The fourth-order valence-electron chi connectivity index (χ4n) is 1.96. The van der Waals surface area contributed by atoms with Gasteiger partial charge in [-0.25, -0.2) is 9.78 Å². The van der Waals surface area contributed by atoms with E-state index in [0.29, 0.717) is 17.9 Å². The SMILES string of the molecule is COC(=O)c1ccnc(NCc2ccc(OC)cc2OC)c1. The second-order valence-corrected chi connectivity index (χ2v) is 4.45. The maximum Gasteiger partial charge on any atom is 0.338 e. The Labute approximate surface area is 129 Å². The van der Waals surface area contributed by atoms with Crippen LogP contribution in [0.4, 0.5) is 5.82 Å². The van der Waals surface area contributed by atoms with E-state index < -0.39 is 5.97 Å². The summed E-state index contributed by atoms with van der Waals surface area (Å²) >= 11 is 0. The Morgan fingerprint density at radius 3 is 2.64 bits per heavy atom. The maximum absolute atomic E-state index is 11.5. The van der Waals surface area contributed by atoms with Gasteiger partial charge in [0.15, 0.2) is 0 Å². The van der Waals surface area contributed by atoms with Crippen LogP contribution in [0.25, 0.3) is 0 Å². The van der Waals surface area contributed by atoms with Gasteiger partial charge in [0.25, 0.3) is 0 Å². The molecule has 22 heavy (non-hydrogen) atoms. The number of rotatable bonds is 6. The van der Waals surface area contributed by atoms with Crippen LogP contribution in [0.3, 0.4) is 0 Å². The molecule has 116 valence electrons. The first-order valence-electron chi connectivity index (χ1n) is 6.67. The van der Waals surface area contributed by atoms with Crippen LogP contribution in [0.1, 0.15) is 15.9 Å². The molecule has 0 fully saturated rings. The summed E-state index contributed by atoms with van der Waals surface area (Å²) in [5.41, 5.74) is 1.40. The third-order valence-electron chi connectivity index (χ3n) is 3.14. The molecule has 0 aliphatic rings. The molecule has 1 N–H and O–H groups in total. The van der Waals surface area contributed by atoms with E-state index in [2.05, 4.69) is 15.0 Å². The normalized spacial score (nSPS) is 9.95. The second kappa shape index (κ2) is 7.31. The minimum atomic E-state index is -0.396. The Morgan fingerprint density at radius 1 is 1.14 bits per heavy atom. The van der Waals surface area contributed by atoms with Gasteiger partial charge in [-0.1, -0.05) is 0 Å². The van der Waals surface area contributed by atoms with Gasteiger partial charge >= 0.3 is 5.97 Å². The summed E-state index contributed by atoms with van der Waals surface area (Å²) in [6.45, 7) is 0.505. The molecule has 0 bridgehead atoms. The van der Waals surface area contributed by atoms with Crippen molar-refractivity contribution in [1.29, 1.82) is 0 Å². The number of carbonyl (C=O) groups excluding carboxylic acids is 1. The Kier molecular flexibility index (Phi) is 5.19. The first kappa shape index (κ1) is 15.6. The Balaban J connectivity index is 2.11. The quantitative estimate of drug-likeness (QED) is 0.827. The number of benzene rings is 1. The molecule has 0 saturated heterocycles. The third kappa shape index (κ3) is 3.66. The van der Waals surface area contributed by atoms with Crippen LogP contribution in [0.5, 0.6) is 11.5 Å². The van der Waals surface area contributed by atoms with Gasteiger partial charge in [0, 0.05) is 24.4 Å². The zero-order valence-electron chi connectivity index (χ0n) is 12.8. The number of aromatic nitrogens is 1. The van der Waals surface area contributed by atoms with E-state index in [4.69, 9.17) is 9.47 Å². The molecule has 1 heterocycles. The molecule has 0 saturated carbocycles. The molecule has 0 spiro atoms. The number of hydrogen-bond acceptors (Lipinski definition) is 6. The van der Waals surface area contributed by atoms with Crippen molar-refractivity contribution in [3.05, 3.63) is 47.7 Å². The lowest BCUT2D eigenvalue weighted by Crippen LogP contribution is -2.06. The molecular weight excluding hydrogens is 284 g/mol. The predicted molar refractivity (Wildman–Crippen MR) is 82.4 cm³/mol. The van der Waals surface area contributed by atoms with Crippen LogP contribution < -0.4 is 14.8 Å². The topological polar surface area (TPSA) is 69.7 Å². The van der Waals surface area contributed by atoms with Crippen LogP contribution in [0, 0.1) is 0 Å². The highest BCUT2D eigenvalue weighted by Crippen LogP contribution is 2.25. The van der Waals surface area contributed by atoms with Crippen molar-refractivity contribution in [3.8, 4) is 11.5 Å². The van der Waals surface area contributed by atoms with E-state index in [1.54, 1.807) is 32.5 Å². The second-order valence-electron chi connectivity index (χ2n) is 4.45. The maximum atomic E-state index is 11.5. The standard InChI is InChI=1S/C16H18N2O4/c1-20-13-5-4-12(14(9-13)21-2)10-18-15-8-11(6-7-17-15)16(19)22-3/h4-9H,10H2,1-3H3,(H,17,18). The van der Waals surface area contributed by atoms with Gasteiger partial charge in [0.2, 0.25) is 0 Å². The van der Waals surface area contributed by atoms with Crippen LogP contribution in [-0.2, 0) is 11.3 Å². The molecule has 1 aromatic carbocycles. The summed E-state index contributed by atoms with van der Waals surface area (Å²) in [7, 11) is 4.56. The number of carbonyl (C=O) groups is 1. The zero-order valence-corrected chi connectivity index (χ0v) is 12.8. The fraction of sp³-hybridized carbons (Fsp3) is 0.250. The van der Waals surface area contributed by atoms with Crippen LogP contribution in [0.15, 0.2) is 36.5 Å². The van der Waals surface area contributed by atoms with Gasteiger partial charge in [-0.3, -0.25) is 0 Å². The first-order valence-corrected chi connectivity index (χ1v) is 6.67. The molecule has 0 radical (unpaired) electrons. The van der Waals surface area contributed by atoms with Crippen LogP contribution in [-0.4, -0.2) is 32.3 Å². The molecule has 6 nitrogen and oxygen atoms in total. The molecule has 6 heteroatoms. The summed E-state index contributed by atoms with van der Waals surface area (Å²) in [5, 5.41) is 3.15. The highest BCUT2D eigenvalue weighted by molar-refractivity contribution is 5.89. The number of pyridine rings is 1. The summed E-state index contributed by atoms with van der Waals surface area (Å²) in [6.07, 6.45) is 1.56. The minimum Gasteiger partial charge on any atom is -0.497 e. The molecule has 0 unspecified atom stereocenters. The van der Waals surface area contributed by atoms with E-state index in [0.717, 1.165) is 17.1 Å². The van der Waals surface area contributed by atoms with E-state index in [9.17, 15) is 4.79 Å². The van der Waals surface area contributed by atoms with Gasteiger partial charge in [-0.2, -0.15) is 0 Å². The largest absolute Gasteiger partial charge is 0.497 e. The molecule has 0 aliphatic heterocycles. The average Bonchev–Trinajstić information content (AvgIpc) is 2.59. The number of ether oxygens (including phenoxy) is 3. The van der Waals surface area contributed by atoms with Crippen molar-refractivity contribution in [1.82, 2.24) is 4.98 Å². The molecule has 0 aliphatic carbocycles. The number of methoxy groups -OCH3 is 3. The van der Waals surface area contributed by atoms with Crippen molar-refractivity contribution in [3.63, 3.8) is 0 Å². The van der Waals surface area contributed by atoms with E-state index >= 15 is 0 Å². The predicted octanol–water partition coefficient (Wildman–Crippen LogP) is 2.50. The van der Waals surface area contributed by atoms with Gasteiger partial charge in [0.1, 0.15) is 17.3 Å². The highest BCUT2D eigenvalue weighted by Gasteiger charge is 2.08. The number of esters is 1. The number of hydrogen-bond donors (Lipinski definition) is 1. The Hall–Kier alpha value is -2.76. The molecule has 2 rings (SSSR count). The van der Waals surface area contributed by atoms with Crippen LogP contribution >= 0.6 is 0 Å². The number of anilines is 1. The first-order chi connectivity index (χ1) is 10.7. The average molecular weight is 302 g/mol. The van der Waals surface area contributed by atoms with Crippen molar-refractivity contribution in [2.75, 3.05) is 26.6 Å². The van der Waals surface area contributed by atoms with Gasteiger partial charge < -0.3 is 19.5 Å². The van der Waals surface area contributed by atoms with Gasteiger partial charge in [-0.15, -0.1) is 0 Å². The van der Waals surface area contributed by atoms with Crippen molar-refractivity contribution >= 4 is 11.8 Å². The monoisotopic (exact) mass is 302 g/mol. The minimum absolute atomic E-state index is 0.396. The Bertz CT molecular complexity index is 658. The molecular formula is C16H18N2O4. The van der Waals surface area contributed by atoms with Crippen LogP contribution in [0.2, 0.25) is 0 Å². The fourth-order valence-corrected chi connectivity index (χ4v) is 1.96. The van der Waals surface area contributed by atoms with Gasteiger partial charge in [0.05, 0.1) is 26.9 Å². The van der Waals surface area contributed by atoms with E-state index in [1.807, 2.05) is 18.2 Å². The van der Waals surface area contributed by atoms with E-state index in [-0.39, 0.29) is 0 Å². The lowest BCUT2D eigenvalue weighted by molar-refractivity contribution is 0.0600. The Morgan fingerprint density at radius 2 is 1.95 bits per heavy atom. The molecule has 1 aromatic heterocycles. The lowest BCUT2D eigenvalue weighted by atomic mass is 10.2. The van der Waals surface area contributed by atoms with Crippen molar-refractivity contribution in [2.45, 2.75) is 6.54 Å². The molecule has 0 amide bonds. The highest BCUT2D eigenvalue weighted by atomic mass is 16.5. The zero-order chi connectivity index (χ0) is 15.9. The summed E-state index contributed by atoms with van der Waals surface area (Å²) < 4.78 is 15.2. The van der Waals surface area contributed by atoms with Gasteiger partial charge in [-0.05, 0) is 24.3 Å². The lowest BCUT2D eigenvalue weighted by Gasteiger charge is -2.12. The summed E-state index contributed by atoms with van der Waals surface area (Å²) in [6, 6.07) is 8.83. The molecule has 2 aromatic rings. The number of nitrogens with one attached hydrogen (secondary N) is 1. The smallest absolute Gasteiger partial charge is 0.338 e. The summed E-state index contributed by atoms with van der Waals surface area (Å²) in [4.78, 5) is 15.7. The van der Waals surface area contributed by atoms with E-state index in [1.165, 1.54) is 7.11 Å². The van der Waals surface area contributed by atoms with Crippen molar-refractivity contribution < 1.29 is 19.0 Å². The van der Waals surface area contributed by atoms with Crippen molar-refractivity contribution in [2.24, 2.45) is 0 Å².